The van der Waals surface area contributed by atoms with E-state index in [0.717, 1.165) is 23.9 Å². The van der Waals surface area contributed by atoms with Crippen LogP contribution in [-0.2, 0) is 6.42 Å². The number of fused-ring (bicyclic) bond motifs is 1. The Bertz CT molecular complexity index is 562. The maximum atomic E-state index is 10.4. The van der Waals surface area contributed by atoms with Gasteiger partial charge in [-0.15, -0.1) is 0 Å². The summed E-state index contributed by atoms with van der Waals surface area (Å²) in [6.07, 6.45) is 0.243. The fourth-order valence-corrected chi connectivity index (χ4v) is 1.69. The minimum atomic E-state index is -1.46. The summed E-state index contributed by atoms with van der Waals surface area (Å²) in [6.45, 7) is 2.02. The number of phenols is 1. The van der Waals surface area contributed by atoms with Crippen molar-refractivity contribution in [1.82, 2.24) is 10.2 Å². The van der Waals surface area contributed by atoms with Crippen LogP contribution >= 0.6 is 0 Å². The van der Waals surface area contributed by atoms with Crippen molar-refractivity contribution in [3.63, 3.8) is 0 Å². The highest BCUT2D eigenvalue weighted by Gasteiger charge is 2.13. The second-order valence-electron chi connectivity index (χ2n) is 3.65. The van der Waals surface area contributed by atoms with Crippen molar-refractivity contribution in [1.29, 1.82) is 0 Å². The standard InChI is InChI=1S/C11H12N2O4/c1-2-3-7-6-4-10(17-11(15)16)9(14)5-8(6)13-12-7/h4-5,14H,2-3H2,1H3,(H,12,13)(H,15,16). The lowest BCUT2D eigenvalue weighted by Gasteiger charge is -2.03. The Balaban J connectivity index is 2.51. The molecule has 0 radical (unpaired) electrons. The first-order valence-corrected chi connectivity index (χ1v) is 5.22. The molecule has 90 valence electrons. The van der Waals surface area contributed by atoms with Crippen LogP contribution in [0, 0.1) is 0 Å². The molecule has 1 aromatic carbocycles. The molecule has 3 N–H and O–H groups in total. The molecule has 0 spiro atoms. The molecule has 0 aliphatic carbocycles. The molecule has 0 bridgehead atoms. The summed E-state index contributed by atoms with van der Waals surface area (Å²) in [6, 6.07) is 2.88. The third kappa shape index (κ3) is 2.15. The van der Waals surface area contributed by atoms with Crippen LogP contribution in [0.3, 0.4) is 0 Å². The molecule has 2 rings (SSSR count). The molecule has 0 saturated carbocycles. The third-order valence-corrected chi connectivity index (χ3v) is 2.41. The Labute approximate surface area is 96.8 Å². The van der Waals surface area contributed by atoms with E-state index in [1.807, 2.05) is 6.92 Å². The van der Waals surface area contributed by atoms with Crippen molar-refractivity contribution in [3.05, 3.63) is 17.8 Å². The zero-order valence-electron chi connectivity index (χ0n) is 9.23. The van der Waals surface area contributed by atoms with E-state index in [1.165, 1.54) is 12.1 Å². The molecule has 2 aromatic rings. The van der Waals surface area contributed by atoms with E-state index < -0.39 is 6.16 Å². The lowest BCUT2D eigenvalue weighted by atomic mass is 10.1. The number of ether oxygens (including phenoxy) is 1. The molecule has 1 aromatic heterocycles. The highest BCUT2D eigenvalue weighted by molar-refractivity contribution is 5.85. The molecule has 6 heteroatoms. The van der Waals surface area contributed by atoms with E-state index in [-0.39, 0.29) is 11.5 Å². The number of aromatic hydroxyl groups is 1. The number of nitrogens with one attached hydrogen (secondary N) is 1. The minimum absolute atomic E-state index is 0.0799. The Morgan fingerprint density at radius 2 is 2.29 bits per heavy atom. The zero-order valence-corrected chi connectivity index (χ0v) is 9.23. The van der Waals surface area contributed by atoms with Crippen LogP contribution in [0.5, 0.6) is 11.5 Å². The molecule has 0 aliphatic rings. The van der Waals surface area contributed by atoms with Crippen LogP contribution in [0.2, 0.25) is 0 Å². The highest BCUT2D eigenvalue weighted by atomic mass is 16.7. The summed E-state index contributed by atoms with van der Waals surface area (Å²) in [5, 5.41) is 25.7. The Morgan fingerprint density at radius 1 is 1.53 bits per heavy atom. The van der Waals surface area contributed by atoms with Crippen molar-refractivity contribution in [2.45, 2.75) is 19.8 Å². The summed E-state index contributed by atoms with van der Waals surface area (Å²) in [7, 11) is 0. The SMILES string of the molecule is CCCc1n[nH]c2cc(O)c(OC(=O)O)cc12. The van der Waals surface area contributed by atoms with Crippen molar-refractivity contribution in [3.8, 4) is 11.5 Å². The van der Waals surface area contributed by atoms with E-state index in [4.69, 9.17) is 5.11 Å². The molecule has 6 nitrogen and oxygen atoms in total. The number of benzene rings is 1. The first kappa shape index (κ1) is 11.3. The zero-order chi connectivity index (χ0) is 12.4. The first-order chi connectivity index (χ1) is 8.11. The molecule has 0 unspecified atom stereocenters. The second-order valence-corrected chi connectivity index (χ2v) is 3.65. The fraction of sp³-hybridized carbons (Fsp3) is 0.273. The summed E-state index contributed by atoms with van der Waals surface area (Å²) in [5.41, 5.74) is 1.49. The van der Waals surface area contributed by atoms with Crippen molar-refractivity contribution >= 4 is 17.1 Å². The van der Waals surface area contributed by atoms with Gasteiger partial charge in [0, 0.05) is 11.5 Å². The van der Waals surface area contributed by atoms with Crippen LogP contribution in [-0.4, -0.2) is 26.6 Å². The van der Waals surface area contributed by atoms with Gasteiger partial charge in [0.25, 0.3) is 0 Å². The number of carboxylic acid groups (broad SMARTS) is 1. The Hall–Kier alpha value is -2.24. The highest BCUT2D eigenvalue weighted by Crippen LogP contribution is 2.32. The molecule has 1 heterocycles. The average molecular weight is 236 g/mol. The van der Waals surface area contributed by atoms with Gasteiger partial charge in [0.2, 0.25) is 0 Å². The van der Waals surface area contributed by atoms with Gasteiger partial charge in [0.05, 0.1) is 11.2 Å². The fourth-order valence-electron chi connectivity index (χ4n) is 1.69. The summed E-state index contributed by atoms with van der Waals surface area (Å²) < 4.78 is 4.48. The number of H-pyrrole nitrogens is 1. The summed E-state index contributed by atoms with van der Waals surface area (Å²) >= 11 is 0. The molecular formula is C11H12N2O4. The number of carbonyl (C=O) groups is 1. The number of hydrogen-bond donors (Lipinski definition) is 3. The lowest BCUT2D eigenvalue weighted by Crippen LogP contribution is -2.03. The van der Waals surface area contributed by atoms with Gasteiger partial charge >= 0.3 is 6.16 Å². The third-order valence-electron chi connectivity index (χ3n) is 2.41. The molecule has 0 fully saturated rings. The van der Waals surface area contributed by atoms with Gasteiger partial charge < -0.3 is 14.9 Å². The topological polar surface area (TPSA) is 95.4 Å². The maximum Gasteiger partial charge on any atom is 0.511 e. The molecule has 0 amide bonds. The Kier molecular flexibility index (Phi) is 2.86. The predicted molar refractivity (Wildman–Crippen MR) is 60.4 cm³/mol. The van der Waals surface area contributed by atoms with Gasteiger partial charge in [-0.2, -0.15) is 5.10 Å². The minimum Gasteiger partial charge on any atom is -0.504 e. The molecule has 0 atom stereocenters. The number of aryl methyl sites for hydroxylation is 1. The van der Waals surface area contributed by atoms with Crippen molar-refractivity contribution < 1.29 is 19.7 Å². The second kappa shape index (κ2) is 4.32. The van der Waals surface area contributed by atoms with E-state index in [9.17, 15) is 9.90 Å². The molecule has 0 aliphatic heterocycles. The predicted octanol–water partition coefficient (Wildman–Crippen LogP) is 2.28. The maximum absolute atomic E-state index is 10.4. The number of rotatable bonds is 3. The van der Waals surface area contributed by atoms with E-state index in [1.54, 1.807) is 0 Å². The van der Waals surface area contributed by atoms with Gasteiger partial charge in [-0.05, 0) is 12.5 Å². The van der Waals surface area contributed by atoms with Crippen LogP contribution in [0.25, 0.3) is 10.9 Å². The number of hydrogen-bond acceptors (Lipinski definition) is 4. The number of aromatic amines is 1. The van der Waals surface area contributed by atoms with Gasteiger partial charge in [-0.3, -0.25) is 5.10 Å². The van der Waals surface area contributed by atoms with Gasteiger partial charge in [0.15, 0.2) is 11.5 Å². The lowest BCUT2D eigenvalue weighted by molar-refractivity contribution is 0.143. The number of aromatic nitrogens is 2. The van der Waals surface area contributed by atoms with E-state index in [2.05, 4.69) is 14.9 Å². The van der Waals surface area contributed by atoms with E-state index >= 15 is 0 Å². The summed E-state index contributed by atoms with van der Waals surface area (Å²) in [4.78, 5) is 10.4. The average Bonchev–Trinajstić information content (AvgIpc) is 2.62. The normalized spacial score (nSPS) is 10.6. The van der Waals surface area contributed by atoms with Crippen molar-refractivity contribution in [2.24, 2.45) is 0 Å². The van der Waals surface area contributed by atoms with Crippen LogP contribution in [0.4, 0.5) is 4.79 Å². The van der Waals surface area contributed by atoms with Crippen LogP contribution in [0.1, 0.15) is 19.0 Å². The smallest absolute Gasteiger partial charge is 0.504 e. The first-order valence-electron chi connectivity index (χ1n) is 5.22. The summed E-state index contributed by atoms with van der Waals surface area (Å²) in [5.74, 6) is -0.310. The monoisotopic (exact) mass is 236 g/mol. The molecule has 17 heavy (non-hydrogen) atoms. The molecule has 0 saturated heterocycles. The van der Waals surface area contributed by atoms with E-state index in [0.29, 0.717) is 5.52 Å². The Morgan fingerprint density at radius 3 is 2.94 bits per heavy atom. The van der Waals surface area contributed by atoms with Crippen LogP contribution < -0.4 is 4.74 Å². The quantitative estimate of drug-likeness (QED) is 0.561. The molecular weight excluding hydrogens is 224 g/mol. The largest absolute Gasteiger partial charge is 0.511 e. The van der Waals surface area contributed by atoms with Crippen LogP contribution in [0.15, 0.2) is 12.1 Å². The van der Waals surface area contributed by atoms with Gasteiger partial charge in [-0.25, -0.2) is 4.79 Å². The van der Waals surface area contributed by atoms with Crippen molar-refractivity contribution in [2.75, 3.05) is 0 Å². The van der Waals surface area contributed by atoms with Gasteiger partial charge in [-0.1, -0.05) is 13.3 Å². The van der Waals surface area contributed by atoms with Gasteiger partial charge in [0.1, 0.15) is 0 Å². The number of phenolic OH excluding ortho intramolecular Hbond substituents is 1. The number of nitrogens with zero attached hydrogens (tertiary/aromatic N) is 1.